The predicted octanol–water partition coefficient (Wildman–Crippen LogP) is 5.16. The summed E-state index contributed by atoms with van der Waals surface area (Å²) in [4.78, 5) is 26.9. The van der Waals surface area contributed by atoms with Gasteiger partial charge in [-0.2, -0.15) is 13.2 Å². The van der Waals surface area contributed by atoms with Crippen LogP contribution in [0.25, 0.3) is 0 Å². The molecule has 1 aromatic heterocycles. The fourth-order valence-electron chi connectivity index (χ4n) is 3.16. The number of anilines is 2. The second-order valence-electron chi connectivity index (χ2n) is 8.02. The number of aliphatic carboxylic acids is 1. The molecule has 2 aromatic carbocycles. The lowest BCUT2D eigenvalue weighted by molar-refractivity contribution is -0.192. The molecule has 1 heterocycles. The van der Waals surface area contributed by atoms with Crippen molar-refractivity contribution >= 4 is 33.5 Å². The van der Waals surface area contributed by atoms with Gasteiger partial charge in [-0.3, -0.25) is 4.72 Å². The Morgan fingerprint density at radius 2 is 1.62 bits per heavy atom. The van der Waals surface area contributed by atoms with Gasteiger partial charge in [0.15, 0.2) is 0 Å². The van der Waals surface area contributed by atoms with Crippen LogP contribution in [0.5, 0.6) is 0 Å². The van der Waals surface area contributed by atoms with Crippen LogP contribution in [-0.2, 0) is 21.4 Å². The number of hydrogen-bond acceptors (Lipinski definition) is 6. The number of aromatic nitrogens is 1. The zero-order valence-electron chi connectivity index (χ0n) is 20.5. The van der Waals surface area contributed by atoms with Crippen molar-refractivity contribution in [3.8, 4) is 0 Å². The van der Waals surface area contributed by atoms with Gasteiger partial charge in [0, 0.05) is 13.1 Å². The number of alkyl halides is 3. The van der Waals surface area contributed by atoms with Crippen molar-refractivity contribution in [3.05, 3.63) is 83.8 Å². The summed E-state index contributed by atoms with van der Waals surface area (Å²) in [5.74, 6) is -4.27. The van der Waals surface area contributed by atoms with E-state index in [0.29, 0.717) is 13.1 Å². The number of pyridine rings is 1. The minimum Gasteiger partial charge on any atom is -0.478 e. The molecule has 0 unspecified atom stereocenters. The Hall–Kier alpha value is -4.20. The van der Waals surface area contributed by atoms with Crippen LogP contribution in [0, 0.1) is 5.82 Å². The summed E-state index contributed by atoms with van der Waals surface area (Å²) in [6.45, 7) is 3.10. The molecule has 9 nitrogen and oxygen atoms in total. The zero-order chi connectivity index (χ0) is 29.2. The van der Waals surface area contributed by atoms with Crippen LogP contribution in [0.3, 0.4) is 0 Å². The minimum atomic E-state index is -5.08. The predicted molar refractivity (Wildman–Crippen MR) is 134 cm³/mol. The van der Waals surface area contributed by atoms with Gasteiger partial charge in [0.05, 0.1) is 16.8 Å². The van der Waals surface area contributed by atoms with Crippen LogP contribution in [0.1, 0.15) is 35.7 Å². The standard InChI is InChI=1S/C23H24FN3O4S.C2HF3O2/c1-2-3-13-27(16-17-7-5-4-6-8-17)22-21(23(28)29)14-19(15-25-22)26-32(30,31)20-11-9-18(24)10-12-20;3-2(4,5)1(6)7/h4-12,14-15,26H,2-3,13,16H2,1H3,(H,28,29);(H,6,7). The summed E-state index contributed by atoms with van der Waals surface area (Å²) < 4.78 is 72.3. The molecule has 0 atom stereocenters. The van der Waals surface area contributed by atoms with E-state index in [1.165, 1.54) is 12.3 Å². The highest BCUT2D eigenvalue weighted by molar-refractivity contribution is 7.92. The Balaban J connectivity index is 0.000000673. The van der Waals surface area contributed by atoms with Crippen LogP contribution in [-0.4, -0.2) is 48.3 Å². The zero-order valence-corrected chi connectivity index (χ0v) is 21.3. The molecule has 0 saturated heterocycles. The van der Waals surface area contributed by atoms with Crippen LogP contribution in [0.2, 0.25) is 0 Å². The third-order valence-electron chi connectivity index (χ3n) is 5.01. The molecular formula is C25H25F4N3O6S. The van der Waals surface area contributed by atoms with E-state index in [0.717, 1.165) is 42.7 Å². The van der Waals surface area contributed by atoms with Gasteiger partial charge in [-0.25, -0.2) is 27.4 Å². The Morgan fingerprint density at radius 1 is 1.03 bits per heavy atom. The fourth-order valence-corrected chi connectivity index (χ4v) is 4.20. The van der Waals surface area contributed by atoms with Crippen molar-refractivity contribution in [3.63, 3.8) is 0 Å². The molecule has 3 aromatic rings. The van der Waals surface area contributed by atoms with E-state index >= 15 is 0 Å². The average Bonchev–Trinajstić information content (AvgIpc) is 2.87. The molecule has 0 radical (unpaired) electrons. The summed E-state index contributed by atoms with van der Waals surface area (Å²) in [5, 5.41) is 16.9. The molecule has 0 fully saturated rings. The largest absolute Gasteiger partial charge is 0.490 e. The number of carbonyl (C=O) groups is 2. The number of carboxylic acids is 2. The number of rotatable bonds is 10. The number of nitrogens with zero attached hydrogens (tertiary/aromatic N) is 2. The van der Waals surface area contributed by atoms with E-state index in [-0.39, 0.29) is 22.0 Å². The number of unbranched alkanes of at least 4 members (excludes halogenated alkanes) is 1. The lowest BCUT2D eigenvalue weighted by Crippen LogP contribution is -2.27. The van der Waals surface area contributed by atoms with Crippen LogP contribution >= 0.6 is 0 Å². The van der Waals surface area contributed by atoms with Gasteiger partial charge in [-0.1, -0.05) is 43.7 Å². The topological polar surface area (TPSA) is 137 Å². The van der Waals surface area contributed by atoms with Crippen molar-refractivity contribution < 1.29 is 45.8 Å². The molecule has 14 heteroatoms. The molecule has 210 valence electrons. The maximum absolute atomic E-state index is 13.1. The molecule has 3 rings (SSSR count). The van der Waals surface area contributed by atoms with Crippen LogP contribution < -0.4 is 9.62 Å². The highest BCUT2D eigenvalue weighted by atomic mass is 32.2. The number of benzene rings is 2. The second kappa shape index (κ2) is 13.6. The van der Waals surface area contributed by atoms with E-state index in [9.17, 15) is 35.9 Å². The van der Waals surface area contributed by atoms with Gasteiger partial charge in [0.25, 0.3) is 10.0 Å². The third-order valence-corrected chi connectivity index (χ3v) is 6.41. The average molecular weight is 572 g/mol. The molecule has 0 aliphatic carbocycles. The molecular weight excluding hydrogens is 546 g/mol. The third kappa shape index (κ3) is 9.56. The maximum Gasteiger partial charge on any atom is 0.490 e. The van der Waals surface area contributed by atoms with Crippen LogP contribution in [0.4, 0.5) is 29.1 Å². The van der Waals surface area contributed by atoms with Crippen molar-refractivity contribution in [1.29, 1.82) is 0 Å². The van der Waals surface area contributed by atoms with Gasteiger partial charge in [0.2, 0.25) is 0 Å². The van der Waals surface area contributed by atoms with Crippen molar-refractivity contribution in [2.75, 3.05) is 16.2 Å². The van der Waals surface area contributed by atoms with Gasteiger partial charge in [-0.05, 0) is 42.3 Å². The molecule has 3 N–H and O–H groups in total. The summed E-state index contributed by atoms with van der Waals surface area (Å²) in [7, 11) is -4.03. The van der Waals surface area contributed by atoms with Gasteiger partial charge >= 0.3 is 18.1 Å². The number of halogens is 4. The Kier molecular flexibility index (Phi) is 10.8. The highest BCUT2D eigenvalue weighted by Crippen LogP contribution is 2.25. The van der Waals surface area contributed by atoms with Crippen molar-refractivity contribution in [2.45, 2.75) is 37.4 Å². The highest BCUT2D eigenvalue weighted by Gasteiger charge is 2.38. The smallest absolute Gasteiger partial charge is 0.478 e. The second-order valence-corrected chi connectivity index (χ2v) is 9.71. The molecule has 0 aliphatic heterocycles. The lowest BCUT2D eigenvalue weighted by Gasteiger charge is -2.25. The first-order chi connectivity index (χ1) is 18.2. The molecule has 0 amide bonds. The van der Waals surface area contributed by atoms with E-state index in [1.807, 2.05) is 42.2 Å². The summed E-state index contributed by atoms with van der Waals surface area (Å²) in [6.07, 6.45) is -2.04. The SMILES string of the molecule is CCCCN(Cc1ccccc1)c1ncc(NS(=O)(=O)c2ccc(F)cc2)cc1C(=O)O.O=C(O)C(F)(F)F. The fraction of sp³-hybridized carbons (Fsp3) is 0.240. The first kappa shape index (κ1) is 31.0. The summed E-state index contributed by atoms with van der Waals surface area (Å²) in [6, 6.07) is 15.2. The van der Waals surface area contributed by atoms with E-state index in [1.54, 1.807) is 0 Å². The summed E-state index contributed by atoms with van der Waals surface area (Å²) in [5.41, 5.74) is 0.893. The Morgan fingerprint density at radius 3 is 2.13 bits per heavy atom. The van der Waals surface area contributed by atoms with Gasteiger partial charge < -0.3 is 15.1 Å². The Labute approximate surface area is 221 Å². The first-order valence-electron chi connectivity index (χ1n) is 11.3. The normalized spacial score (nSPS) is 11.2. The Bertz CT molecular complexity index is 1370. The summed E-state index contributed by atoms with van der Waals surface area (Å²) >= 11 is 0. The van der Waals surface area contributed by atoms with Gasteiger partial charge in [-0.15, -0.1) is 0 Å². The molecule has 0 bridgehead atoms. The van der Waals surface area contributed by atoms with Crippen LogP contribution in [0.15, 0.2) is 71.8 Å². The maximum atomic E-state index is 13.1. The van der Waals surface area contributed by atoms with E-state index in [4.69, 9.17) is 9.90 Å². The number of sulfonamides is 1. The van der Waals surface area contributed by atoms with E-state index in [2.05, 4.69) is 9.71 Å². The van der Waals surface area contributed by atoms with Gasteiger partial charge in [0.1, 0.15) is 17.2 Å². The minimum absolute atomic E-state index is 0.00521. The van der Waals surface area contributed by atoms with Crippen molar-refractivity contribution in [1.82, 2.24) is 4.98 Å². The lowest BCUT2D eigenvalue weighted by atomic mass is 10.1. The van der Waals surface area contributed by atoms with E-state index < -0.39 is 34.0 Å². The number of hydrogen-bond donors (Lipinski definition) is 3. The number of aromatic carboxylic acids is 1. The number of carboxylic acid groups (broad SMARTS) is 2. The molecule has 0 saturated carbocycles. The number of nitrogens with one attached hydrogen (secondary N) is 1. The molecule has 39 heavy (non-hydrogen) atoms. The quantitative estimate of drug-likeness (QED) is 0.284. The first-order valence-corrected chi connectivity index (χ1v) is 12.8. The monoisotopic (exact) mass is 571 g/mol. The van der Waals surface area contributed by atoms with Crippen molar-refractivity contribution in [2.24, 2.45) is 0 Å². The molecule has 0 spiro atoms. The molecule has 0 aliphatic rings.